The van der Waals surface area contributed by atoms with E-state index in [2.05, 4.69) is 10.6 Å². The first-order valence-corrected chi connectivity index (χ1v) is 8.51. The molecule has 0 aromatic heterocycles. The monoisotopic (exact) mass is 357 g/mol. The van der Waals surface area contributed by atoms with E-state index in [9.17, 15) is 18.4 Å². The maximum Gasteiger partial charge on any atom is 0.323 e. The van der Waals surface area contributed by atoms with Crippen molar-refractivity contribution in [1.82, 2.24) is 0 Å². The predicted molar refractivity (Wildman–Crippen MR) is 94.4 cm³/mol. The summed E-state index contributed by atoms with van der Waals surface area (Å²) in [6.45, 7) is 0.721. The Labute approximate surface area is 149 Å². The fraction of sp³-hybridized carbons (Fsp3) is 0.263. The van der Waals surface area contributed by atoms with Gasteiger partial charge in [-0.05, 0) is 54.7 Å². The van der Waals surface area contributed by atoms with Crippen LogP contribution in [-0.2, 0) is 17.6 Å². The number of hydrogen-bond acceptors (Lipinski definition) is 2. The molecule has 0 bridgehead atoms. The number of benzene rings is 2. The molecule has 0 radical (unpaired) electrons. The molecule has 0 saturated carbocycles. The summed E-state index contributed by atoms with van der Waals surface area (Å²) >= 11 is 0. The molecule has 26 heavy (non-hydrogen) atoms. The molecule has 2 aliphatic rings. The van der Waals surface area contributed by atoms with E-state index in [1.807, 2.05) is 17.0 Å². The highest BCUT2D eigenvalue weighted by atomic mass is 19.1. The van der Waals surface area contributed by atoms with E-state index in [1.54, 1.807) is 0 Å². The molecule has 2 N–H and O–H groups in total. The van der Waals surface area contributed by atoms with Crippen LogP contribution in [0.2, 0.25) is 0 Å². The lowest BCUT2D eigenvalue weighted by molar-refractivity contribution is -0.119. The van der Waals surface area contributed by atoms with E-state index in [0.29, 0.717) is 18.5 Å². The van der Waals surface area contributed by atoms with Gasteiger partial charge in [-0.15, -0.1) is 0 Å². The lowest BCUT2D eigenvalue weighted by Gasteiger charge is -2.35. The molecule has 3 amide bonds. The maximum absolute atomic E-state index is 13.7. The number of hydrogen-bond donors (Lipinski definition) is 2. The maximum atomic E-state index is 13.7. The number of nitrogens with zero attached hydrogens (tertiary/aromatic N) is 1. The number of amides is 3. The Morgan fingerprint density at radius 2 is 1.69 bits per heavy atom. The van der Waals surface area contributed by atoms with E-state index in [4.69, 9.17) is 0 Å². The number of urea groups is 1. The number of anilines is 3. The van der Waals surface area contributed by atoms with Crippen molar-refractivity contribution in [2.24, 2.45) is 0 Å². The third-order valence-electron chi connectivity index (χ3n) is 4.73. The van der Waals surface area contributed by atoms with Crippen molar-refractivity contribution in [1.29, 1.82) is 0 Å². The normalized spacial score (nSPS) is 15.5. The number of rotatable bonds is 2. The minimum atomic E-state index is -0.838. The predicted octanol–water partition coefficient (Wildman–Crippen LogP) is 3.83. The lowest BCUT2D eigenvalue weighted by atomic mass is 9.91. The Balaban J connectivity index is 1.58. The van der Waals surface area contributed by atoms with Gasteiger partial charge in [0.2, 0.25) is 5.91 Å². The molecule has 5 nitrogen and oxygen atoms in total. The molecule has 7 heteroatoms. The van der Waals surface area contributed by atoms with Crippen LogP contribution in [0, 0.1) is 11.6 Å². The molecule has 0 fully saturated rings. The van der Waals surface area contributed by atoms with Crippen LogP contribution in [0.5, 0.6) is 0 Å². The van der Waals surface area contributed by atoms with Crippen LogP contribution in [-0.4, -0.2) is 18.5 Å². The third-order valence-corrected chi connectivity index (χ3v) is 4.73. The minimum absolute atomic E-state index is 0.131. The highest BCUT2D eigenvalue weighted by Gasteiger charge is 2.29. The molecule has 4 rings (SSSR count). The molecular weight excluding hydrogens is 340 g/mol. The van der Waals surface area contributed by atoms with Crippen molar-refractivity contribution >= 4 is 29.0 Å². The van der Waals surface area contributed by atoms with E-state index in [0.717, 1.165) is 48.3 Å². The van der Waals surface area contributed by atoms with Gasteiger partial charge in [-0.2, -0.15) is 0 Å². The first-order chi connectivity index (χ1) is 12.5. The molecular formula is C19H17F2N3O2. The van der Waals surface area contributed by atoms with Crippen LogP contribution in [0.15, 0.2) is 30.3 Å². The van der Waals surface area contributed by atoms with Crippen LogP contribution in [0.1, 0.15) is 24.0 Å². The van der Waals surface area contributed by atoms with Crippen molar-refractivity contribution in [2.45, 2.75) is 25.7 Å². The van der Waals surface area contributed by atoms with Crippen LogP contribution >= 0.6 is 0 Å². The van der Waals surface area contributed by atoms with E-state index in [-0.39, 0.29) is 5.91 Å². The van der Waals surface area contributed by atoms with E-state index < -0.39 is 23.4 Å². The zero-order chi connectivity index (χ0) is 18.3. The summed E-state index contributed by atoms with van der Waals surface area (Å²) in [5.41, 5.74) is 3.03. The fourth-order valence-electron chi connectivity index (χ4n) is 3.62. The summed E-state index contributed by atoms with van der Waals surface area (Å²) in [5, 5.41) is 4.84. The fourth-order valence-corrected chi connectivity index (χ4v) is 3.62. The second kappa shape index (κ2) is 6.40. The second-order valence-electron chi connectivity index (χ2n) is 6.47. The summed E-state index contributed by atoms with van der Waals surface area (Å²) in [6.07, 6.45) is 2.76. The highest BCUT2D eigenvalue weighted by molar-refractivity contribution is 6.02. The summed E-state index contributed by atoms with van der Waals surface area (Å²) in [7, 11) is 0. The first-order valence-electron chi connectivity index (χ1n) is 8.51. The quantitative estimate of drug-likeness (QED) is 0.858. The summed E-state index contributed by atoms with van der Waals surface area (Å²) < 4.78 is 27.3. The van der Waals surface area contributed by atoms with Gasteiger partial charge in [0.25, 0.3) is 0 Å². The lowest BCUT2D eigenvalue weighted by Crippen LogP contribution is -2.39. The number of carbonyl (C=O) groups is 2. The molecule has 2 heterocycles. The van der Waals surface area contributed by atoms with Gasteiger partial charge >= 0.3 is 6.03 Å². The van der Waals surface area contributed by atoms with Gasteiger partial charge < -0.3 is 15.5 Å². The molecule has 2 aromatic carbocycles. The topological polar surface area (TPSA) is 61.4 Å². The Morgan fingerprint density at radius 3 is 2.42 bits per heavy atom. The number of para-hydroxylation sites is 1. The average molecular weight is 357 g/mol. The number of aryl methyl sites for hydroxylation is 2. The van der Waals surface area contributed by atoms with Crippen molar-refractivity contribution in [3.63, 3.8) is 0 Å². The zero-order valence-electron chi connectivity index (χ0n) is 13.9. The third kappa shape index (κ3) is 2.89. The van der Waals surface area contributed by atoms with Gasteiger partial charge in [0.05, 0.1) is 5.69 Å². The number of nitrogens with one attached hydrogen (secondary N) is 2. The van der Waals surface area contributed by atoms with Crippen molar-refractivity contribution < 1.29 is 18.4 Å². The molecule has 2 aromatic rings. The SMILES string of the molecule is O=C(Nc1cc2c3c(c1)CCC(=O)N3CCC2)Nc1c(F)cccc1F. The van der Waals surface area contributed by atoms with Gasteiger partial charge in [0.15, 0.2) is 0 Å². The second-order valence-corrected chi connectivity index (χ2v) is 6.47. The smallest absolute Gasteiger partial charge is 0.312 e. The Kier molecular flexibility index (Phi) is 4.06. The zero-order valence-corrected chi connectivity index (χ0v) is 13.9. The van der Waals surface area contributed by atoms with Crippen molar-refractivity contribution in [3.05, 3.63) is 53.1 Å². The molecule has 0 aliphatic carbocycles. The first kappa shape index (κ1) is 16.5. The molecule has 2 aliphatic heterocycles. The summed E-state index contributed by atoms with van der Waals surface area (Å²) in [6, 6.07) is 6.30. The largest absolute Gasteiger partial charge is 0.323 e. The van der Waals surface area contributed by atoms with E-state index in [1.165, 1.54) is 6.07 Å². The molecule has 0 unspecified atom stereocenters. The molecule has 134 valence electrons. The number of halogens is 2. The van der Waals surface area contributed by atoms with Gasteiger partial charge in [-0.3, -0.25) is 4.79 Å². The van der Waals surface area contributed by atoms with Crippen molar-refractivity contribution in [3.8, 4) is 0 Å². The Bertz CT molecular complexity index is 876. The molecule has 0 saturated heterocycles. The summed E-state index contributed by atoms with van der Waals surface area (Å²) in [5.74, 6) is -1.54. The Hall–Kier alpha value is -2.96. The van der Waals surface area contributed by atoms with Crippen LogP contribution in [0.25, 0.3) is 0 Å². The summed E-state index contributed by atoms with van der Waals surface area (Å²) in [4.78, 5) is 26.1. The molecule has 0 spiro atoms. The van der Waals surface area contributed by atoms with Crippen molar-refractivity contribution in [2.75, 3.05) is 22.1 Å². The van der Waals surface area contributed by atoms with Gasteiger partial charge in [0, 0.05) is 18.7 Å². The van der Waals surface area contributed by atoms with Gasteiger partial charge in [-0.25, -0.2) is 13.6 Å². The Morgan fingerprint density at radius 1 is 1.00 bits per heavy atom. The van der Waals surface area contributed by atoms with Gasteiger partial charge in [-0.1, -0.05) is 6.07 Å². The van der Waals surface area contributed by atoms with Crippen LogP contribution < -0.4 is 15.5 Å². The van der Waals surface area contributed by atoms with Crippen LogP contribution in [0.3, 0.4) is 0 Å². The standard InChI is InChI=1S/C19H17F2N3O2/c20-14-4-1-5-15(21)17(14)23-19(26)22-13-9-11-3-2-8-24-16(25)7-6-12(10-13)18(11)24/h1,4-5,9-10H,2-3,6-8H2,(H2,22,23,26). The van der Waals surface area contributed by atoms with Crippen LogP contribution in [0.4, 0.5) is 30.6 Å². The average Bonchev–Trinajstić information content (AvgIpc) is 2.61. The van der Waals surface area contributed by atoms with E-state index >= 15 is 0 Å². The minimum Gasteiger partial charge on any atom is -0.312 e. The highest BCUT2D eigenvalue weighted by Crippen LogP contribution is 2.37. The van der Waals surface area contributed by atoms with Gasteiger partial charge in [0.1, 0.15) is 17.3 Å². The number of carbonyl (C=O) groups excluding carboxylic acids is 2. The molecule has 0 atom stereocenters.